The van der Waals surface area contributed by atoms with Crippen molar-refractivity contribution in [3.63, 3.8) is 0 Å². The van der Waals surface area contributed by atoms with Gasteiger partial charge >= 0.3 is 29.6 Å². The third-order valence-electron chi connectivity index (χ3n) is 0.655. The van der Waals surface area contributed by atoms with E-state index in [0.29, 0.717) is 0 Å². The largest absolute Gasteiger partial charge is 1.00 e. The molecule has 0 saturated heterocycles. The maximum atomic E-state index is 9.74. The number of rotatable bonds is 2. The van der Waals surface area contributed by atoms with Crippen molar-refractivity contribution in [2.75, 3.05) is 13.6 Å². The molecule has 0 saturated carbocycles. The van der Waals surface area contributed by atoms with Gasteiger partial charge in [-0.15, -0.1) is 0 Å². The number of nitrogens with zero attached hydrogens (tertiary/aromatic N) is 1. The second-order valence-corrected chi connectivity index (χ2v) is 1.33. The Bertz CT molecular complexity index is 136. The molecule has 10 heavy (non-hydrogen) atoms. The Hall–Kier alpha value is -0.260. The summed E-state index contributed by atoms with van der Waals surface area (Å²) in [6.07, 6.45) is 0. The van der Waals surface area contributed by atoms with Crippen LogP contribution in [-0.2, 0) is 4.79 Å². The van der Waals surface area contributed by atoms with Gasteiger partial charge in [0.05, 0.1) is 12.5 Å². The minimum atomic E-state index is -1.21. The number of carboxylic acids is 1. The number of hydrogen-bond donors (Lipinski definition) is 2. The Balaban J connectivity index is 0. The molecule has 0 spiro atoms. The molecule has 0 unspecified atom stereocenters. The van der Waals surface area contributed by atoms with E-state index in [4.69, 9.17) is 5.73 Å². The number of hydrogen-bond acceptors (Lipinski definition) is 3. The molecule has 0 amide bonds. The van der Waals surface area contributed by atoms with Gasteiger partial charge in [0.25, 0.3) is 0 Å². The molecule has 0 aliphatic heterocycles. The van der Waals surface area contributed by atoms with Crippen LogP contribution in [0.1, 0.15) is 0 Å². The topological polar surface area (TPSA) is 90.5 Å². The van der Waals surface area contributed by atoms with Gasteiger partial charge in [-0.05, 0) is 0 Å². The van der Waals surface area contributed by atoms with Crippen molar-refractivity contribution >= 4 is 11.9 Å². The summed E-state index contributed by atoms with van der Waals surface area (Å²) in [5.74, 6) is -1.11. The summed E-state index contributed by atoms with van der Waals surface area (Å²) in [6.45, 7) is -0.302. The number of aliphatic carboxylic acids is 1. The van der Waals surface area contributed by atoms with Crippen LogP contribution in [0.2, 0.25) is 0 Å². The monoisotopic (exact) mass is 153 g/mol. The van der Waals surface area contributed by atoms with Crippen molar-refractivity contribution in [2.24, 2.45) is 10.7 Å². The van der Waals surface area contributed by atoms with Crippen molar-refractivity contribution in [1.82, 2.24) is 5.32 Å². The van der Waals surface area contributed by atoms with Crippen LogP contribution in [0.25, 0.3) is 0 Å². The standard InChI is InChI=1S/C4H9N3O2.Na/c1-6-4(5)7-2-3(8)9;/h2H2,1H3,(H,8,9)(H3,5,6,7);/q;+1/p-1. The zero-order chi connectivity index (χ0) is 7.28. The van der Waals surface area contributed by atoms with Crippen LogP contribution in [0.3, 0.4) is 0 Å². The van der Waals surface area contributed by atoms with Gasteiger partial charge in [-0.1, -0.05) is 0 Å². The van der Waals surface area contributed by atoms with Crippen molar-refractivity contribution in [2.45, 2.75) is 0 Å². The molecule has 3 N–H and O–H groups in total. The molecule has 0 atom stereocenters. The first-order valence-electron chi connectivity index (χ1n) is 2.32. The number of guanidine groups is 1. The van der Waals surface area contributed by atoms with Crippen molar-refractivity contribution in [3.8, 4) is 0 Å². The number of carbonyl (C=O) groups is 1. The molecule has 0 aromatic carbocycles. The second kappa shape index (κ2) is 6.85. The number of carboxylic acid groups (broad SMARTS) is 1. The molecule has 0 fully saturated rings. The van der Waals surface area contributed by atoms with Gasteiger partial charge in [-0.3, -0.25) is 4.99 Å². The Morgan fingerprint density at radius 2 is 2.30 bits per heavy atom. The summed E-state index contributed by atoms with van der Waals surface area (Å²) in [4.78, 5) is 13.2. The molecule has 5 nitrogen and oxygen atoms in total. The first-order valence-corrected chi connectivity index (χ1v) is 2.32. The minimum absolute atomic E-state index is 0. The van der Waals surface area contributed by atoms with E-state index in [0.717, 1.165) is 0 Å². The number of aliphatic imine (C=N–C) groups is 1. The summed E-state index contributed by atoms with van der Waals surface area (Å²) in [5, 5.41) is 12.0. The van der Waals surface area contributed by atoms with Crippen LogP contribution < -0.4 is 45.7 Å². The van der Waals surface area contributed by atoms with Crippen LogP contribution >= 0.6 is 0 Å². The van der Waals surface area contributed by atoms with Crippen LogP contribution in [0.15, 0.2) is 4.99 Å². The van der Waals surface area contributed by atoms with E-state index in [1.54, 1.807) is 0 Å². The van der Waals surface area contributed by atoms with Gasteiger partial charge in [-0.2, -0.15) is 0 Å². The van der Waals surface area contributed by atoms with E-state index < -0.39 is 5.97 Å². The zero-order valence-electron chi connectivity index (χ0n) is 6.05. The third kappa shape index (κ3) is 7.74. The van der Waals surface area contributed by atoms with Gasteiger partial charge < -0.3 is 21.0 Å². The molecule has 0 heterocycles. The van der Waals surface area contributed by atoms with Gasteiger partial charge in [-0.25, -0.2) is 0 Å². The van der Waals surface area contributed by atoms with Crippen molar-refractivity contribution in [3.05, 3.63) is 0 Å². The number of nitrogens with one attached hydrogen (secondary N) is 1. The van der Waals surface area contributed by atoms with Gasteiger partial charge in [0.15, 0.2) is 5.96 Å². The van der Waals surface area contributed by atoms with E-state index in [2.05, 4.69) is 10.3 Å². The summed E-state index contributed by atoms with van der Waals surface area (Å²) < 4.78 is 0. The van der Waals surface area contributed by atoms with Crippen LogP contribution in [0.5, 0.6) is 0 Å². The zero-order valence-corrected chi connectivity index (χ0v) is 8.05. The van der Waals surface area contributed by atoms with Gasteiger partial charge in [0, 0.05) is 7.05 Å². The first-order chi connectivity index (χ1) is 4.16. The summed E-state index contributed by atoms with van der Waals surface area (Å²) in [6, 6.07) is 0. The SMILES string of the molecule is CN=C(N)NCC(=O)[O-].[Na+]. The maximum absolute atomic E-state index is 9.74. The summed E-state index contributed by atoms with van der Waals surface area (Å²) in [5.41, 5.74) is 5.07. The predicted octanol–water partition coefficient (Wildman–Crippen LogP) is -5.73. The van der Waals surface area contributed by atoms with Gasteiger partial charge in [0.2, 0.25) is 0 Å². The summed E-state index contributed by atoms with van der Waals surface area (Å²) in [7, 11) is 1.46. The molecule has 52 valence electrons. The average molecular weight is 153 g/mol. The third-order valence-corrected chi connectivity index (χ3v) is 0.655. The second-order valence-electron chi connectivity index (χ2n) is 1.33. The Morgan fingerprint density at radius 1 is 1.80 bits per heavy atom. The van der Waals surface area contributed by atoms with Gasteiger partial charge in [0.1, 0.15) is 0 Å². The first kappa shape index (κ1) is 12.4. The van der Waals surface area contributed by atoms with E-state index in [-0.39, 0.29) is 42.1 Å². The normalized spacial score (nSPS) is 9.90. The Kier molecular flexibility index (Phi) is 8.51. The molecule has 0 aromatic rings. The molecular formula is C4H8N3NaO2. The van der Waals surface area contributed by atoms with Crippen LogP contribution in [-0.4, -0.2) is 25.5 Å². The summed E-state index contributed by atoms with van der Waals surface area (Å²) >= 11 is 0. The fourth-order valence-corrected chi connectivity index (χ4v) is 0.242. The fraction of sp³-hybridized carbons (Fsp3) is 0.500. The van der Waals surface area contributed by atoms with E-state index >= 15 is 0 Å². The Labute approximate surface area is 81.0 Å². The van der Waals surface area contributed by atoms with E-state index in [1.165, 1.54) is 7.05 Å². The van der Waals surface area contributed by atoms with Crippen LogP contribution in [0.4, 0.5) is 0 Å². The quantitative estimate of drug-likeness (QED) is 0.235. The molecule has 0 radical (unpaired) electrons. The molecule has 0 aromatic heterocycles. The number of nitrogens with two attached hydrogens (primary N) is 1. The molecule has 6 heteroatoms. The molecule has 0 bridgehead atoms. The molecule has 0 aliphatic carbocycles. The maximum Gasteiger partial charge on any atom is 1.00 e. The van der Waals surface area contributed by atoms with E-state index in [1.807, 2.05) is 0 Å². The molecule has 0 aliphatic rings. The Morgan fingerprint density at radius 3 is 2.60 bits per heavy atom. The van der Waals surface area contributed by atoms with E-state index in [9.17, 15) is 9.90 Å². The number of carbonyl (C=O) groups excluding carboxylic acids is 1. The molecule has 0 rings (SSSR count). The smallest absolute Gasteiger partial charge is 0.548 e. The molecular weight excluding hydrogens is 145 g/mol. The fourth-order valence-electron chi connectivity index (χ4n) is 0.242. The minimum Gasteiger partial charge on any atom is -0.548 e. The predicted molar refractivity (Wildman–Crippen MR) is 30.6 cm³/mol. The van der Waals surface area contributed by atoms with Crippen molar-refractivity contribution < 1.29 is 39.5 Å². The van der Waals surface area contributed by atoms with Crippen molar-refractivity contribution in [1.29, 1.82) is 0 Å². The average Bonchev–Trinajstić information content (AvgIpc) is 1.83. The van der Waals surface area contributed by atoms with Crippen LogP contribution in [0, 0.1) is 0 Å².